The van der Waals surface area contributed by atoms with Crippen LogP contribution in [0, 0.1) is 0 Å². The summed E-state index contributed by atoms with van der Waals surface area (Å²) in [5.41, 5.74) is 7.47. The molecule has 5 heteroatoms. The molecular formula is C11H11ClN4. The van der Waals surface area contributed by atoms with Crippen molar-refractivity contribution in [3.63, 3.8) is 0 Å². The third kappa shape index (κ3) is 1.55. The first-order chi connectivity index (χ1) is 7.75. The average molecular weight is 235 g/mol. The predicted octanol–water partition coefficient (Wildman–Crippen LogP) is 2.52. The highest BCUT2D eigenvalue weighted by Crippen LogP contribution is 2.38. The van der Waals surface area contributed by atoms with Crippen LogP contribution >= 0.6 is 11.6 Å². The Morgan fingerprint density at radius 1 is 1.38 bits per heavy atom. The largest absolute Gasteiger partial charge is 0.398 e. The number of halogens is 1. The molecule has 0 bridgehead atoms. The first-order valence-electron chi connectivity index (χ1n) is 5.20. The van der Waals surface area contributed by atoms with E-state index in [1.54, 1.807) is 18.5 Å². The predicted molar refractivity (Wildman–Crippen MR) is 63.2 cm³/mol. The zero-order valence-corrected chi connectivity index (χ0v) is 9.35. The number of anilines is 1. The van der Waals surface area contributed by atoms with Crippen LogP contribution in [0.3, 0.4) is 0 Å². The lowest BCUT2D eigenvalue weighted by molar-refractivity contribution is 0.746. The SMILES string of the molecule is Nc1ccc(Cl)cc1-c1nncn1C1CC1. The highest BCUT2D eigenvalue weighted by atomic mass is 35.5. The summed E-state index contributed by atoms with van der Waals surface area (Å²) in [6, 6.07) is 5.94. The Balaban J connectivity index is 2.13. The molecule has 16 heavy (non-hydrogen) atoms. The van der Waals surface area contributed by atoms with E-state index in [4.69, 9.17) is 17.3 Å². The first-order valence-corrected chi connectivity index (χ1v) is 5.58. The number of hydrogen-bond acceptors (Lipinski definition) is 3. The van der Waals surface area contributed by atoms with Gasteiger partial charge in [-0.25, -0.2) is 0 Å². The van der Waals surface area contributed by atoms with E-state index in [2.05, 4.69) is 14.8 Å². The minimum atomic E-state index is 0.531. The summed E-state index contributed by atoms with van der Waals surface area (Å²) in [4.78, 5) is 0. The normalized spacial score (nSPS) is 15.3. The van der Waals surface area contributed by atoms with Gasteiger partial charge in [-0.05, 0) is 31.0 Å². The zero-order valence-electron chi connectivity index (χ0n) is 8.60. The van der Waals surface area contributed by atoms with E-state index in [0.717, 1.165) is 11.4 Å². The maximum Gasteiger partial charge on any atom is 0.166 e. The van der Waals surface area contributed by atoms with E-state index < -0.39 is 0 Å². The summed E-state index contributed by atoms with van der Waals surface area (Å²) in [7, 11) is 0. The fraction of sp³-hybridized carbons (Fsp3) is 0.273. The summed E-state index contributed by atoms with van der Waals surface area (Å²) < 4.78 is 2.07. The van der Waals surface area contributed by atoms with Gasteiger partial charge in [0.15, 0.2) is 5.82 Å². The van der Waals surface area contributed by atoms with Crippen LogP contribution < -0.4 is 5.73 Å². The Morgan fingerprint density at radius 3 is 2.94 bits per heavy atom. The van der Waals surface area contributed by atoms with Crippen molar-refractivity contribution in [2.24, 2.45) is 0 Å². The van der Waals surface area contributed by atoms with Crippen LogP contribution in [0.2, 0.25) is 5.02 Å². The molecule has 0 aliphatic heterocycles. The van der Waals surface area contributed by atoms with Crippen molar-refractivity contribution < 1.29 is 0 Å². The molecule has 0 spiro atoms. The van der Waals surface area contributed by atoms with E-state index >= 15 is 0 Å². The molecule has 0 atom stereocenters. The fourth-order valence-corrected chi connectivity index (χ4v) is 1.95. The Morgan fingerprint density at radius 2 is 2.19 bits per heavy atom. The molecule has 4 nitrogen and oxygen atoms in total. The Bertz CT molecular complexity index is 531. The van der Waals surface area contributed by atoms with Crippen LogP contribution in [0.25, 0.3) is 11.4 Å². The van der Waals surface area contributed by atoms with Gasteiger partial charge < -0.3 is 10.3 Å². The zero-order chi connectivity index (χ0) is 11.1. The van der Waals surface area contributed by atoms with Crippen molar-refractivity contribution >= 4 is 17.3 Å². The molecule has 0 amide bonds. The lowest BCUT2D eigenvalue weighted by atomic mass is 10.1. The average Bonchev–Trinajstić information content (AvgIpc) is 3.01. The molecule has 1 fully saturated rings. The van der Waals surface area contributed by atoms with Gasteiger partial charge in [-0.2, -0.15) is 0 Å². The number of nitrogen functional groups attached to an aromatic ring is 1. The molecule has 1 heterocycles. The third-order valence-corrected chi connectivity index (χ3v) is 3.00. The summed E-state index contributed by atoms with van der Waals surface area (Å²) in [5.74, 6) is 0.808. The fourth-order valence-electron chi connectivity index (χ4n) is 1.78. The van der Waals surface area contributed by atoms with Crippen LogP contribution in [0.15, 0.2) is 24.5 Å². The van der Waals surface area contributed by atoms with Gasteiger partial charge in [0.1, 0.15) is 6.33 Å². The summed E-state index contributed by atoms with van der Waals surface area (Å²) in [5, 5.41) is 8.73. The number of nitrogens with zero attached hydrogens (tertiary/aromatic N) is 3. The van der Waals surface area contributed by atoms with Crippen molar-refractivity contribution in [2.75, 3.05) is 5.73 Å². The van der Waals surface area contributed by atoms with Crippen molar-refractivity contribution in [1.29, 1.82) is 0 Å². The summed E-state index contributed by atoms with van der Waals surface area (Å²) >= 11 is 5.97. The van der Waals surface area contributed by atoms with Crippen LogP contribution in [-0.4, -0.2) is 14.8 Å². The molecule has 2 aromatic rings. The van der Waals surface area contributed by atoms with E-state index in [9.17, 15) is 0 Å². The van der Waals surface area contributed by atoms with Crippen molar-refractivity contribution in [3.05, 3.63) is 29.5 Å². The molecule has 0 unspecified atom stereocenters. The Labute approximate surface area is 98.0 Å². The molecule has 1 aliphatic carbocycles. The maximum absolute atomic E-state index is 5.97. The number of rotatable bonds is 2. The van der Waals surface area contributed by atoms with Gasteiger partial charge >= 0.3 is 0 Å². The number of hydrogen-bond donors (Lipinski definition) is 1. The van der Waals surface area contributed by atoms with Crippen molar-refractivity contribution in [1.82, 2.24) is 14.8 Å². The monoisotopic (exact) mass is 234 g/mol. The molecule has 3 rings (SSSR count). The molecule has 1 aliphatic rings. The lowest BCUT2D eigenvalue weighted by Gasteiger charge is -2.07. The summed E-state index contributed by atoms with van der Waals surface area (Å²) in [6.45, 7) is 0. The topological polar surface area (TPSA) is 56.7 Å². The van der Waals surface area contributed by atoms with Gasteiger partial charge in [0.2, 0.25) is 0 Å². The number of benzene rings is 1. The minimum Gasteiger partial charge on any atom is -0.398 e. The third-order valence-electron chi connectivity index (χ3n) is 2.77. The molecule has 82 valence electrons. The van der Waals surface area contributed by atoms with E-state index in [-0.39, 0.29) is 0 Å². The van der Waals surface area contributed by atoms with Crippen molar-refractivity contribution in [3.8, 4) is 11.4 Å². The molecule has 0 saturated heterocycles. The highest BCUT2D eigenvalue weighted by molar-refractivity contribution is 6.31. The van der Waals surface area contributed by atoms with Gasteiger partial charge in [-0.1, -0.05) is 11.6 Å². The second-order valence-electron chi connectivity index (χ2n) is 4.02. The number of nitrogens with two attached hydrogens (primary N) is 1. The smallest absolute Gasteiger partial charge is 0.166 e. The summed E-state index contributed by atoms with van der Waals surface area (Å²) in [6.07, 6.45) is 4.13. The molecule has 1 aromatic carbocycles. The van der Waals surface area contributed by atoms with Crippen LogP contribution in [-0.2, 0) is 0 Å². The molecule has 1 saturated carbocycles. The van der Waals surface area contributed by atoms with E-state index in [1.165, 1.54) is 12.8 Å². The van der Waals surface area contributed by atoms with Gasteiger partial charge in [0.25, 0.3) is 0 Å². The van der Waals surface area contributed by atoms with E-state index in [1.807, 2.05) is 6.07 Å². The number of aromatic nitrogens is 3. The lowest BCUT2D eigenvalue weighted by Crippen LogP contribution is -1.99. The molecule has 1 aromatic heterocycles. The molecular weight excluding hydrogens is 224 g/mol. The van der Waals surface area contributed by atoms with Gasteiger partial charge in [0, 0.05) is 22.3 Å². The second kappa shape index (κ2) is 3.49. The standard InChI is InChI=1S/C11H11ClN4/c12-7-1-4-10(13)9(5-7)11-15-14-6-16(11)8-2-3-8/h1,4-6,8H,2-3,13H2. The quantitative estimate of drug-likeness (QED) is 0.813. The van der Waals surface area contributed by atoms with Crippen molar-refractivity contribution in [2.45, 2.75) is 18.9 Å². The van der Waals surface area contributed by atoms with Crippen LogP contribution in [0.4, 0.5) is 5.69 Å². The van der Waals surface area contributed by atoms with Gasteiger partial charge in [-0.15, -0.1) is 10.2 Å². The van der Waals surface area contributed by atoms with Gasteiger partial charge in [-0.3, -0.25) is 0 Å². The highest BCUT2D eigenvalue weighted by Gasteiger charge is 2.27. The van der Waals surface area contributed by atoms with Gasteiger partial charge in [0.05, 0.1) is 0 Å². The Hall–Kier alpha value is -1.55. The second-order valence-corrected chi connectivity index (χ2v) is 4.46. The maximum atomic E-state index is 5.97. The van der Waals surface area contributed by atoms with Crippen LogP contribution in [0.5, 0.6) is 0 Å². The first kappa shape index (κ1) is 9.66. The van der Waals surface area contributed by atoms with Crippen LogP contribution in [0.1, 0.15) is 18.9 Å². The van der Waals surface area contributed by atoms with E-state index in [0.29, 0.717) is 16.8 Å². The Kier molecular flexibility index (Phi) is 2.11. The molecule has 2 N–H and O–H groups in total. The minimum absolute atomic E-state index is 0.531. The molecule has 0 radical (unpaired) electrons.